The fourth-order valence-electron chi connectivity index (χ4n) is 4.25. The minimum atomic E-state index is -0.579. The van der Waals surface area contributed by atoms with Gasteiger partial charge in [0.1, 0.15) is 17.8 Å². The molecule has 1 aliphatic heterocycles. The molecule has 0 spiro atoms. The van der Waals surface area contributed by atoms with Gasteiger partial charge in [-0.15, -0.1) is 0 Å². The number of nitrogens with one attached hydrogen (secondary N) is 1. The van der Waals surface area contributed by atoms with Gasteiger partial charge in [-0.1, -0.05) is 39.0 Å². The number of ether oxygens (including phenoxy) is 1. The Hall–Kier alpha value is -3.68. The second-order valence-corrected chi connectivity index (χ2v) is 9.59. The van der Waals surface area contributed by atoms with E-state index in [0.29, 0.717) is 30.8 Å². The summed E-state index contributed by atoms with van der Waals surface area (Å²) in [5, 5.41) is 2.67. The predicted molar refractivity (Wildman–Crippen MR) is 128 cm³/mol. The van der Waals surface area contributed by atoms with E-state index >= 15 is 0 Å². The van der Waals surface area contributed by atoms with Crippen LogP contribution in [0.1, 0.15) is 66.8 Å². The van der Waals surface area contributed by atoms with Gasteiger partial charge < -0.3 is 19.4 Å². The van der Waals surface area contributed by atoms with Crippen LogP contribution in [-0.2, 0) is 17.8 Å². The second-order valence-electron chi connectivity index (χ2n) is 9.59. The summed E-state index contributed by atoms with van der Waals surface area (Å²) in [6, 6.07) is 11.7. The monoisotopic (exact) mass is 479 g/mol. The van der Waals surface area contributed by atoms with E-state index in [4.69, 9.17) is 9.15 Å². The number of hydrogen-bond acceptors (Lipinski definition) is 5. The maximum Gasteiger partial charge on any atom is 0.273 e. The van der Waals surface area contributed by atoms with Gasteiger partial charge in [-0.2, -0.15) is 0 Å². The molecule has 0 bridgehead atoms. The highest BCUT2D eigenvalue weighted by Gasteiger charge is 2.37. The molecule has 4 rings (SSSR count). The van der Waals surface area contributed by atoms with Gasteiger partial charge in [-0.3, -0.25) is 9.59 Å². The Labute approximate surface area is 204 Å². The molecule has 8 heteroatoms. The van der Waals surface area contributed by atoms with Crippen molar-refractivity contribution in [2.24, 2.45) is 5.41 Å². The Bertz CT molecular complexity index is 1230. The quantitative estimate of drug-likeness (QED) is 0.556. The van der Waals surface area contributed by atoms with E-state index in [9.17, 15) is 14.0 Å². The molecule has 1 aliphatic rings. The summed E-state index contributed by atoms with van der Waals surface area (Å²) in [6.45, 7) is 8.56. The molecule has 0 unspecified atom stereocenters. The van der Waals surface area contributed by atoms with Crippen LogP contribution in [0.15, 0.2) is 53.1 Å². The number of fused-ring (bicyclic) bond motifs is 1. The van der Waals surface area contributed by atoms with Gasteiger partial charge >= 0.3 is 0 Å². The van der Waals surface area contributed by atoms with Crippen LogP contribution in [-0.4, -0.2) is 34.8 Å². The number of rotatable bonds is 6. The minimum absolute atomic E-state index is 0.00130. The van der Waals surface area contributed by atoms with Crippen LogP contribution in [0.4, 0.5) is 4.39 Å². The fourth-order valence-corrected chi connectivity index (χ4v) is 4.25. The van der Waals surface area contributed by atoms with Crippen molar-refractivity contribution in [1.82, 2.24) is 15.2 Å². The van der Waals surface area contributed by atoms with Crippen LogP contribution in [0, 0.1) is 11.2 Å². The molecule has 0 radical (unpaired) electrons. The zero-order valence-electron chi connectivity index (χ0n) is 20.4. The Morgan fingerprint density at radius 3 is 2.74 bits per heavy atom. The lowest BCUT2D eigenvalue weighted by molar-refractivity contribution is -0.141. The highest BCUT2D eigenvalue weighted by atomic mass is 19.1. The van der Waals surface area contributed by atoms with Crippen LogP contribution >= 0.6 is 0 Å². The summed E-state index contributed by atoms with van der Waals surface area (Å²) in [5.41, 5.74) is 2.30. The van der Waals surface area contributed by atoms with Crippen molar-refractivity contribution >= 4 is 11.8 Å². The summed E-state index contributed by atoms with van der Waals surface area (Å²) >= 11 is 0. The van der Waals surface area contributed by atoms with E-state index in [1.807, 2.05) is 56.9 Å². The van der Waals surface area contributed by atoms with Crippen LogP contribution in [0.2, 0.25) is 0 Å². The zero-order valence-corrected chi connectivity index (χ0v) is 20.4. The fraction of sp³-hybridized carbons (Fsp3) is 0.370. The Balaban J connectivity index is 1.63. The van der Waals surface area contributed by atoms with Gasteiger partial charge in [0.2, 0.25) is 11.8 Å². The lowest BCUT2D eigenvalue weighted by Gasteiger charge is -2.41. The third-order valence-corrected chi connectivity index (χ3v) is 5.90. The topological polar surface area (TPSA) is 84.7 Å². The zero-order chi connectivity index (χ0) is 25.2. The number of oxazole rings is 1. The first-order valence-electron chi connectivity index (χ1n) is 11.7. The highest BCUT2D eigenvalue weighted by Crippen LogP contribution is 2.39. The molecular formula is C27H30FN3O4. The summed E-state index contributed by atoms with van der Waals surface area (Å²) in [5.74, 6) is 0.180. The standard InChI is InChI=1S/C27H30FN3O4/c1-5-29-25(32)22-15-35-23(30-22)16-34-20-10-9-17-11-12-31(26(33)27(2,3)4)24(21(17)14-20)18-7-6-8-19(28)13-18/h6-10,13-15,24H,5,11-12,16H2,1-4H3,(H,29,32)/t24-/m0/s1. The molecule has 0 aliphatic carbocycles. The van der Waals surface area contributed by atoms with Crippen LogP contribution in [0.3, 0.4) is 0 Å². The molecule has 35 heavy (non-hydrogen) atoms. The first kappa shape index (κ1) is 24.4. The first-order valence-corrected chi connectivity index (χ1v) is 11.7. The van der Waals surface area contributed by atoms with E-state index in [2.05, 4.69) is 10.3 Å². The Morgan fingerprint density at radius 2 is 2.03 bits per heavy atom. The summed E-state index contributed by atoms with van der Waals surface area (Å²) < 4.78 is 25.5. The van der Waals surface area contributed by atoms with Crippen molar-refractivity contribution in [3.63, 3.8) is 0 Å². The van der Waals surface area contributed by atoms with E-state index in [1.54, 1.807) is 6.07 Å². The van der Waals surface area contributed by atoms with Gasteiger partial charge in [0.25, 0.3) is 5.91 Å². The molecule has 2 aromatic carbocycles. The van der Waals surface area contributed by atoms with E-state index < -0.39 is 11.5 Å². The maximum absolute atomic E-state index is 14.2. The maximum atomic E-state index is 14.2. The Morgan fingerprint density at radius 1 is 1.23 bits per heavy atom. The smallest absolute Gasteiger partial charge is 0.273 e. The van der Waals surface area contributed by atoms with Crippen LogP contribution in [0.25, 0.3) is 0 Å². The number of amides is 2. The average Bonchev–Trinajstić information content (AvgIpc) is 3.30. The van der Waals surface area contributed by atoms with Crippen molar-refractivity contribution in [1.29, 1.82) is 0 Å². The third kappa shape index (κ3) is 5.37. The van der Waals surface area contributed by atoms with Crippen molar-refractivity contribution in [2.45, 2.75) is 46.8 Å². The number of halogens is 1. The van der Waals surface area contributed by atoms with Gasteiger partial charge in [0.15, 0.2) is 12.3 Å². The van der Waals surface area contributed by atoms with E-state index in [-0.39, 0.29) is 35.8 Å². The number of nitrogens with zero attached hydrogens (tertiary/aromatic N) is 2. The van der Waals surface area contributed by atoms with Crippen molar-refractivity contribution in [3.05, 3.63) is 82.8 Å². The average molecular weight is 480 g/mol. The summed E-state index contributed by atoms with van der Waals surface area (Å²) in [7, 11) is 0. The van der Waals surface area contributed by atoms with Gasteiger partial charge in [-0.25, -0.2) is 9.37 Å². The lowest BCUT2D eigenvalue weighted by Crippen LogP contribution is -2.45. The molecule has 0 saturated carbocycles. The lowest BCUT2D eigenvalue weighted by atomic mass is 9.85. The molecule has 1 N–H and O–H groups in total. The molecule has 0 fully saturated rings. The largest absolute Gasteiger partial charge is 0.484 e. The van der Waals surface area contributed by atoms with Crippen molar-refractivity contribution in [3.8, 4) is 5.75 Å². The molecule has 1 atom stereocenters. The van der Waals surface area contributed by atoms with Gasteiger partial charge in [0, 0.05) is 18.5 Å². The molecule has 2 heterocycles. The molecule has 3 aromatic rings. The van der Waals surface area contributed by atoms with Crippen molar-refractivity contribution in [2.75, 3.05) is 13.1 Å². The molecule has 0 saturated heterocycles. The molecular weight excluding hydrogens is 449 g/mol. The summed E-state index contributed by atoms with van der Waals surface area (Å²) in [6.07, 6.45) is 1.99. The second kappa shape index (κ2) is 9.90. The number of benzene rings is 2. The van der Waals surface area contributed by atoms with E-state index in [1.165, 1.54) is 18.4 Å². The summed E-state index contributed by atoms with van der Waals surface area (Å²) in [4.78, 5) is 31.3. The number of carbonyl (C=O) groups excluding carboxylic acids is 2. The molecule has 2 amide bonds. The number of carbonyl (C=O) groups is 2. The molecule has 1 aromatic heterocycles. The van der Waals surface area contributed by atoms with Gasteiger partial charge in [-0.05, 0) is 54.3 Å². The normalized spacial score (nSPS) is 15.5. The van der Waals surface area contributed by atoms with E-state index in [0.717, 1.165) is 11.1 Å². The van der Waals surface area contributed by atoms with Crippen LogP contribution in [0.5, 0.6) is 5.75 Å². The first-order chi connectivity index (χ1) is 16.7. The predicted octanol–water partition coefficient (Wildman–Crippen LogP) is 4.66. The number of hydrogen-bond donors (Lipinski definition) is 1. The Kier molecular flexibility index (Phi) is 6.91. The van der Waals surface area contributed by atoms with Crippen molar-refractivity contribution < 1.29 is 23.1 Å². The van der Waals surface area contributed by atoms with Gasteiger partial charge in [0.05, 0.1) is 6.04 Å². The van der Waals surface area contributed by atoms with Crippen LogP contribution < -0.4 is 10.1 Å². The highest BCUT2D eigenvalue weighted by molar-refractivity contribution is 5.91. The number of aromatic nitrogens is 1. The molecule has 7 nitrogen and oxygen atoms in total. The minimum Gasteiger partial charge on any atom is -0.484 e. The SMILES string of the molecule is CCNC(=O)c1coc(COc2ccc3c(c2)[C@H](c2cccc(F)c2)N(C(=O)C(C)(C)C)CC3)n1. The third-order valence-electron chi connectivity index (χ3n) is 5.90. The molecule has 184 valence electrons.